The van der Waals surface area contributed by atoms with Crippen LogP contribution in [0.1, 0.15) is 5.56 Å². The highest BCUT2D eigenvalue weighted by molar-refractivity contribution is 6.09. The van der Waals surface area contributed by atoms with Crippen molar-refractivity contribution in [3.8, 4) is 0 Å². The van der Waals surface area contributed by atoms with Crippen molar-refractivity contribution in [2.45, 2.75) is 6.92 Å². The molecule has 0 unspecified atom stereocenters. The van der Waals surface area contributed by atoms with E-state index in [1.54, 1.807) is 0 Å². The molecule has 0 atom stereocenters. The molecule has 0 nitrogen and oxygen atoms in total. The largest absolute Gasteiger partial charge is 0.206 e. The van der Waals surface area contributed by atoms with Gasteiger partial charge in [-0.25, -0.2) is 39.5 Å². The van der Waals surface area contributed by atoms with Crippen LogP contribution in [0.3, 0.4) is 0 Å². The van der Waals surface area contributed by atoms with Crippen molar-refractivity contribution in [1.82, 2.24) is 0 Å². The zero-order valence-electron chi connectivity index (χ0n) is 11.4. The van der Waals surface area contributed by atoms with Crippen LogP contribution in [0.2, 0.25) is 0 Å². The topological polar surface area (TPSA) is 0 Å². The standard InChI is InChI=1S/C15H3F9/c1-2-7(16)5-3(9(18)8(2)17)4-6(12(21)11(5)20)13(22)15(24)14(23)10(4)19/h1H3. The average molecular weight is 354 g/mol. The summed E-state index contributed by atoms with van der Waals surface area (Å²) in [6.45, 7) is 0.691. The molecule has 0 saturated heterocycles. The molecular formula is C15H3F9. The predicted molar refractivity (Wildman–Crippen MR) is 65.8 cm³/mol. The van der Waals surface area contributed by atoms with Crippen LogP contribution in [-0.2, 0) is 0 Å². The molecule has 0 radical (unpaired) electrons. The second-order valence-electron chi connectivity index (χ2n) is 4.95. The normalized spacial score (nSPS) is 11.8. The lowest BCUT2D eigenvalue weighted by Gasteiger charge is -2.13. The Kier molecular flexibility index (Phi) is 3.43. The number of benzene rings is 3. The van der Waals surface area contributed by atoms with Crippen LogP contribution < -0.4 is 0 Å². The molecule has 0 N–H and O–H groups in total. The van der Waals surface area contributed by atoms with E-state index in [0.717, 1.165) is 0 Å². The smallest absolute Gasteiger partial charge is 0.198 e. The first-order valence-corrected chi connectivity index (χ1v) is 6.20. The van der Waals surface area contributed by atoms with E-state index in [1.807, 2.05) is 0 Å². The average Bonchev–Trinajstić information content (AvgIpc) is 2.56. The Bertz CT molecular complexity index is 969. The molecule has 0 fully saturated rings. The molecule has 0 amide bonds. The summed E-state index contributed by atoms with van der Waals surface area (Å²) in [6.07, 6.45) is 0. The van der Waals surface area contributed by atoms with Crippen LogP contribution >= 0.6 is 0 Å². The second-order valence-corrected chi connectivity index (χ2v) is 4.95. The molecule has 3 aromatic carbocycles. The highest BCUT2D eigenvalue weighted by Crippen LogP contribution is 2.40. The third-order valence-electron chi connectivity index (χ3n) is 3.69. The van der Waals surface area contributed by atoms with Gasteiger partial charge in [0.05, 0.1) is 10.8 Å². The van der Waals surface area contributed by atoms with Gasteiger partial charge in [0.1, 0.15) is 5.82 Å². The second kappa shape index (κ2) is 5.02. The van der Waals surface area contributed by atoms with Gasteiger partial charge < -0.3 is 0 Å². The SMILES string of the molecule is Cc1c(F)c(F)c2c(c1F)c(F)c(F)c1c(F)c(F)c(F)c(F)c12. The Labute approximate surface area is 127 Å². The van der Waals surface area contributed by atoms with Crippen LogP contribution in [-0.4, -0.2) is 0 Å². The van der Waals surface area contributed by atoms with Crippen molar-refractivity contribution in [3.05, 3.63) is 57.9 Å². The lowest BCUT2D eigenvalue weighted by molar-refractivity contribution is 0.415. The molecule has 0 aliphatic heterocycles. The fourth-order valence-corrected chi connectivity index (χ4v) is 2.51. The Morgan fingerprint density at radius 1 is 0.333 bits per heavy atom. The van der Waals surface area contributed by atoms with Gasteiger partial charge >= 0.3 is 0 Å². The Morgan fingerprint density at radius 2 is 0.625 bits per heavy atom. The Balaban J connectivity index is 2.87. The summed E-state index contributed by atoms with van der Waals surface area (Å²) in [5.74, 6) is -19.8. The minimum Gasteiger partial charge on any atom is -0.206 e. The van der Waals surface area contributed by atoms with Gasteiger partial charge in [-0.1, -0.05) is 0 Å². The highest BCUT2D eigenvalue weighted by atomic mass is 19.2. The zero-order valence-corrected chi connectivity index (χ0v) is 11.4. The molecule has 3 aromatic rings. The van der Waals surface area contributed by atoms with Crippen molar-refractivity contribution < 1.29 is 39.5 Å². The van der Waals surface area contributed by atoms with E-state index in [-0.39, 0.29) is 0 Å². The van der Waals surface area contributed by atoms with Gasteiger partial charge in [0.15, 0.2) is 46.5 Å². The third-order valence-corrected chi connectivity index (χ3v) is 3.69. The van der Waals surface area contributed by atoms with Crippen LogP contribution in [0.5, 0.6) is 0 Å². The molecule has 0 spiro atoms. The van der Waals surface area contributed by atoms with Crippen molar-refractivity contribution in [2.24, 2.45) is 0 Å². The van der Waals surface area contributed by atoms with E-state index in [0.29, 0.717) is 6.92 Å². The van der Waals surface area contributed by atoms with E-state index in [4.69, 9.17) is 0 Å². The first kappa shape index (κ1) is 16.4. The monoisotopic (exact) mass is 354 g/mol. The van der Waals surface area contributed by atoms with Gasteiger partial charge in [-0.05, 0) is 6.92 Å². The highest BCUT2D eigenvalue weighted by Gasteiger charge is 2.32. The van der Waals surface area contributed by atoms with E-state index in [9.17, 15) is 39.5 Å². The predicted octanol–water partition coefficient (Wildman–Crippen LogP) is 5.55. The summed E-state index contributed by atoms with van der Waals surface area (Å²) in [6, 6.07) is 0. The van der Waals surface area contributed by atoms with E-state index in [2.05, 4.69) is 0 Å². The Hall–Kier alpha value is -2.45. The fourth-order valence-electron chi connectivity index (χ4n) is 2.51. The number of fused-ring (bicyclic) bond motifs is 3. The van der Waals surface area contributed by atoms with Gasteiger partial charge in [0.2, 0.25) is 0 Å². The maximum absolute atomic E-state index is 14.1. The van der Waals surface area contributed by atoms with Crippen molar-refractivity contribution in [1.29, 1.82) is 0 Å². The molecule has 126 valence electrons. The van der Waals surface area contributed by atoms with Crippen molar-refractivity contribution in [3.63, 3.8) is 0 Å². The Morgan fingerprint density at radius 3 is 1.08 bits per heavy atom. The summed E-state index contributed by atoms with van der Waals surface area (Å²) < 4.78 is 124. The molecule has 24 heavy (non-hydrogen) atoms. The molecular weight excluding hydrogens is 351 g/mol. The van der Waals surface area contributed by atoms with Gasteiger partial charge in [0, 0.05) is 16.3 Å². The van der Waals surface area contributed by atoms with E-state index in [1.165, 1.54) is 0 Å². The van der Waals surface area contributed by atoms with Crippen molar-refractivity contribution >= 4 is 21.5 Å². The van der Waals surface area contributed by atoms with Crippen LogP contribution in [0.4, 0.5) is 39.5 Å². The van der Waals surface area contributed by atoms with Crippen molar-refractivity contribution in [2.75, 3.05) is 0 Å². The number of hydrogen-bond acceptors (Lipinski definition) is 0. The zero-order chi connectivity index (χ0) is 18.1. The van der Waals surface area contributed by atoms with Gasteiger partial charge in [-0.3, -0.25) is 0 Å². The minimum atomic E-state index is -2.48. The lowest BCUT2D eigenvalue weighted by atomic mass is 9.96. The molecule has 0 aromatic heterocycles. The minimum absolute atomic E-state index is 0.691. The third kappa shape index (κ3) is 1.78. The summed E-state index contributed by atoms with van der Waals surface area (Å²) >= 11 is 0. The molecule has 0 bridgehead atoms. The number of rotatable bonds is 0. The van der Waals surface area contributed by atoms with Gasteiger partial charge in [0.25, 0.3) is 0 Å². The van der Waals surface area contributed by atoms with Crippen LogP contribution in [0.15, 0.2) is 0 Å². The van der Waals surface area contributed by atoms with E-state index >= 15 is 0 Å². The quantitative estimate of drug-likeness (QED) is 0.215. The maximum atomic E-state index is 14.1. The first-order chi connectivity index (χ1) is 11.1. The number of halogens is 9. The molecule has 0 aliphatic carbocycles. The van der Waals surface area contributed by atoms with Gasteiger partial charge in [-0.15, -0.1) is 0 Å². The fraction of sp³-hybridized carbons (Fsp3) is 0.0667. The molecule has 0 aliphatic rings. The summed E-state index contributed by atoms with van der Waals surface area (Å²) in [4.78, 5) is 0. The van der Waals surface area contributed by atoms with Crippen LogP contribution in [0.25, 0.3) is 21.5 Å². The summed E-state index contributed by atoms with van der Waals surface area (Å²) in [7, 11) is 0. The first-order valence-electron chi connectivity index (χ1n) is 6.20. The van der Waals surface area contributed by atoms with Crippen LogP contribution in [0, 0.1) is 59.3 Å². The molecule has 0 saturated carbocycles. The maximum Gasteiger partial charge on any atom is 0.198 e. The van der Waals surface area contributed by atoms with E-state index < -0.39 is 79.5 Å². The van der Waals surface area contributed by atoms with Gasteiger partial charge in [-0.2, -0.15) is 0 Å². The molecule has 0 heterocycles. The summed E-state index contributed by atoms with van der Waals surface area (Å²) in [5.41, 5.74) is -1.05. The molecule has 3 rings (SSSR count). The lowest BCUT2D eigenvalue weighted by Crippen LogP contribution is -2.07. The molecule has 9 heteroatoms. The summed E-state index contributed by atoms with van der Waals surface area (Å²) in [5, 5.41) is -6.55. The number of hydrogen-bond donors (Lipinski definition) is 0.